The molecule has 0 aliphatic heterocycles. The minimum atomic E-state index is -0.375. The molecule has 3 rings (SSSR count). The van der Waals surface area contributed by atoms with Gasteiger partial charge in [-0.25, -0.2) is 9.78 Å². The lowest BCUT2D eigenvalue weighted by atomic mass is 10.2. The van der Waals surface area contributed by atoms with Gasteiger partial charge in [0.25, 0.3) is 0 Å². The van der Waals surface area contributed by atoms with Crippen LogP contribution in [0.15, 0.2) is 59.6 Å². The third kappa shape index (κ3) is 2.94. The molecule has 0 fully saturated rings. The van der Waals surface area contributed by atoms with Crippen LogP contribution in [0, 0.1) is 0 Å². The van der Waals surface area contributed by atoms with Crippen molar-refractivity contribution in [2.75, 3.05) is 6.61 Å². The molecule has 0 saturated heterocycles. The number of benzene rings is 2. The van der Waals surface area contributed by atoms with Gasteiger partial charge in [0.2, 0.25) is 0 Å². The molecule has 3 aromatic rings. The number of ether oxygens (including phenoxy) is 1. The first-order valence-corrected chi connectivity index (χ1v) is 7.50. The maximum Gasteiger partial charge on any atom is 0.338 e. The summed E-state index contributed by atoms with van der Waals surface area (Å²) < 4.78 is 6.02. The van der Waals surface area contributed by atoms with Crippen LogP contribution >= 0.6 is 15.9 Å². The van der Waals surface area contributed by atoms with Gasteiger partial charge in [-0.05, 0) is 30.3 Å². The number of H-pyrrole nitrogens is 1. The number of hydrogen-bond acceptors (Lipinski definition) is 3. The van der Waals surface area contributed by atoms with Crippen molar-refractivity contribution in [3.05, 3.63) is 65.2 Å². The van der Waals surface area contributed by atoms with E-state index in [0.717, 1.165) is 26.9 Å². The molecule has 0 saturated carbocycles. The SMILES string of the molecule is C=CCOC(=O)c1ccc2nc(-c3cccc(Br)c3)[nH]c2c1. The highest BCUT2D eigenvalue weighted by atomic mass is 79.9. The summed E-state index contributed by atoms with van der Waals surface area (Å²) in [6.45, 7) is 3.72. The molecule has 110 valence electrons. The number of imidazole rings is 1. The van der Waals surface area contributed by atoms with Gasteiger partial charge in [-0.3, -0.25) is 0 Å². The first-order valence-electron chi connectivity index (χ1n) is 6.71. The minimum Gasteiger partial charge on any atom is -0.458 e. The first-order chi connectivity index (χ1) is 10.7. The Kier molecular flexibility index (Phi) is 4.06. The van der Waals surface area contributed by atoms with Crippen LogP contribution in [-0.4, -0.2) is 22.5 Å². The zero-order valence-corrected chi connectivity index (χ0v) is 13.3. The number of hydrogen-bond donors (Lipinski definition) is 1. The number of nitrogens with zero attached hydrogens (tertiary/aromatic N) is 1. The number of fused-ring (bicyclic) bond motifs is 1. The Balaban J connectivity index is 1.96. The van der Waals surface area contributed by atoms with Gasteiger partial charge in [-0.1, -0.05) is 40.7 Å². The number of carbonyl (C=O) groups is 1. The molecule has 22 heavy (non-hydrogen) atoms. The van der Waals surface area contributed by atoms with E-state index in [0.29, 0.717) is 5.56 Å². The van der Waals surface area contributed by atoms with Gasteiger partial charge in [0.1, 0.15) is 12.4 Å². The zero-order valence-electron chi connectivity index (χ0n) is 11.7. The van der Waals surface area contributed by atoms with Gasteiger partial charge in [0.05, 0.1) is 16.6 Å². The number of rotatable bonds is 4. The lowest BCUT2D eigenvalue weighted by molar-refractivity contribution is 0.0550. The third-order valence-electron chi connectivity index (χ3n) is 3.15. The van der Waals surface area contributed by atoms with Crippen LogP contribution in [0.2, 0.25) is 0 Å². The topological polar surface area (TPSA) is 55.0 Å². The largest absolute Gasteiger partial charge is 0.458 e. The van der Waals surface area contributed by atoms with Crippen molar-refractivity contribution in [1.82, 2.24) is 9.97 Å². The number of esters is 1. The van der Waals surface area contributed by atoms with E-state index in [4.69, 9.17) is 4.74 Å². The predicted octanol–water partition coefficient (Wildman–Crippen LogP) is 4.34. The van der Waals surface area contributed by atoms with Crippen LogP contribution in [0.5, 0.6) is 0 Å². The summed E-state index contributed by atoms with van der Waals surface area (Å²) in [5.74, 6) is 0.383. The highest BCUT2D eigenvalue weighted by Crippen LogP contribution is 2.24. The van der Waals surface area contributed by atoms with E-state index in [1.165, 1.54) is 6.08 Å². The molecule has 5 heteroatoms. The Bertz CT molecular complexity index is 855. The van der Waals surface area contributed by atoms with E-state index in [2.05, 4.69) is 32.5 Å². The number of aromatic nitrogens is 2. The third-order valence-corrected chi connectivity index (χ3v) is 3.64. The second-order valence-electron chi connectivity index (χ2n) is 4.71. The Hall–Kier alpha value is -2.40. The predicted molar refractivity (Wildman–Crippen MR) is 89.7 cm³/mol. The van der Waals surface area contributed by atoms with Crippen LogP contribution in [-0.2, 0) is 4.74 Å². The van der Waals surface area contributed by atoms with Gasteiger partial charge >= 0.3 is 5.97 Å². The van der Waals surface area contributed by atoms with E-state index in [1.54, 1.807) is 18.2 Å². The van der Waals surface area contributed by atoms with Gasteiger partial charge < -0.3 is 9.72 Å². The second kappa shape index (κ2) is 6.15. The molecule has 0 unspecified atom stereocenters. The maximum absolute atomic E-state index is 11.9. The standard InChI is InChI=1S/C17H13BrN2O2/c1-2-8-22-17(21)12-6-7-14-15(10-12)20-16(19-14)11-4-3-5-13(18)9-11/h2-7,9-10H,1,8H2,(H,19,20). The van der Waals surface area contributed by atoms with Crippen LogP contribution in [0.3, 0.4) is 0 Å². The molecule has 0 aliphatic rings. The van der Waals surface area contributed by atoms with Crippen molar-refractivity contribution >= 4 is 32.9 Å². The fourth-order valence-electron chi connectivity index (χ4n) is 2.13. The average Bonchev–Trinajstić information content (AvgIpc) is 2.95. The summed E-state index contributed by atoms with van der Waals surface area (Å²) in [6, 6.07) is 13.1. The number of nitrogens with one attached hydrogen (secondary N) is 1. The van der Waals surface area contributed by atoms with E-state index in [1.807, 2.05) is 24.3 Å². The zero-order chi connectivity index (χ0) is 15.5. The number of halogens is 1. The van der Waals surface area contributed by atoms with E-state index >= 15 is 0 Å². The molecule has 1 aromatic heterocycles. The van der Waals surface area contributed by atoms with Gasteiger partial charge in [0.15, 0.2) is 0 Å². The van der Waals surface area contributed by atoms with Crippen LogP contribution in [0.4, 0.5) is 0 Å². The minimum absolute atomic E-state index is 0.198. The van der Waals surface area contributed by atoms with E-state index < -0.39 is 0 Å². The summed E-state index contributed by atoms with van der Waals surface area (Å²) in [5, 5.41) is 0. The number of aromatic amines is 1. The summed E-state index contributed by atoms with van der Waals surface area (Å²) in [6.07, 6.45) is 1.54. The molecule has 0 atom stereocenters. The molecule has 1 heterocycles. The fraction of sp³-hybridized carbons (Fsp3) is 0.0588. The Morgan fingerprint density at radius 1 is 1.32 bits per heavy atom. The smallest absolute Gasteiger partial charge is 0.338 e. The molecule has 0 spiro atoms. The molecule has 0 amide bonds. The molecule has 0 bridgehead atoms. The van der Waals surface area contributed by atoms with E-state index in [9.17, 15) is 4.79 Å². The fourth-order valence-corrected chi connectivity index (χ4v) is 2.53. The number of carbonyl (C=O) groups excluding carboxylic acids is 1. The quantitative estimate of drug-likeness (QED) is 0.558. The summed E-state index contributed by atoms with van der Waals surface area (Å²) in [7, 11) is 0. The van der Waals surface area contributed by atoms with Crippen molar-refractivity contribution in [1.29, 1.82) is 0 Å². The molecule has 4 nitrogen and oxygen atoms in total. The van der Waals surface area contributed by atoms with Crippen molar-refractivity contribution < 1.29 is 9.53 Å². The van der Waals surface area contributed by atoms with Crippen LogP contribution in [0.1, 0.15) is 10.4 Å². The lowest BCUT2D eigenvalue weighted by Crippen LogP contribution is -2.04. The van der Waals surface area contributed by atoms with Crippen molar-refractivity contribution in [3.8, 4) is 11.4 Å². The Labute approximate surface area is 136 Å². The van der Waals surface area contributed by atoms with Crippen molar-refractivity contribution in [2.24, 2.45) is 0 Å². The molecule has 0 aliphatic carbocycles. The first kappa shape index (κ1) is 14.5. The van der Waals surface area contributed by atoms with E-state index in [-0.39, 0.29) is 12.6 Å². The molecular weight excluding hydrogens is 344 g/mol. The van der Waals surface area contributed by atoms with Gasteiger partial charge in [-0.2, -0.15) is 0 Å². The Morgan fingerprint density at radius 2 is 2.18 bits per heavy atom. The van der Waals surface area contributed by atoms with Gasteiger partial charge in [-0.15, -0.1) is 0 Å². The molecule has 0 radical (unpaired) electrons. The average molecular weight is 357 g/mol. The summed E-state index contributed by atoms with van der Waals surface area (Å²) in [4.78, 5) is 19.6. The summed E-state index contributed by atoms with van der Waals surface area (Å²) >= 11 is 3.45. The normalized spacial score (nSPS) is 10.6. The molecule has 2 aromatic carbocycles. The Morgan fingerprint density at radius 3 is 2.95 bits per heavy atom. The highest BCUT2D eigenvalue weighted by molar-refractivity contribution is 9.10. The molecule has 1 N–H and O–H groups in total. The highest BCUT2D eigenvalue weighted by Gasteiger charge is 2.10. The monoisotopic (exact) mass is 356 g/mol. The lowest BCUT2D eigenvalue weighted by Gasteiger charge is -2.01. The van der Waals surface area contributed by atoms with Gasteiger partial charge in [0, 0.05) is 10.0 Å². The molecular formula is C17H13BrN2O2. The maximum atomic E-state index is 11.9. The van der Waals surface area contributed by atoms with Crippen LogP contribution < -0.4 is 0 Å². The van der Waals surface area contributed by atoms with Crippen molar-refractivity contribution in [3.63, 3.8) is 0 Å². The van der Waals surface area contributed by atoms with Crippen LogP contribution in [0.25, 0.3) is 22.4 Å². The van der Waals surface area contributed by atoms with Crippen molar-refractivity contribution in [2.45, 2.75) is 0 Å². The summed E-state index contributed by atoms with van der Waals surface area (Å²) in [5.41, 5.74) is 3.05. The second-order valence-corrected chi connectivity index (χ2v) is 5.63.